The second-order valence-corrected chi connectivity index (χ2v) is 2.58. The molecule has 2 nitrogen and oxygen atoms in total. The Balaban J connectivity index is 0.00000121. The quantitative estimate of drug-likeness (QED) is 0.309. The molecule has 0 aromatic carbocycles. The summed E-state index contributed by atoms with van der Waals surface area (Å²) < 4.78 is 1.87. The van der Waals surface area contributed by atoms with Gasteiger partial charge in [0.25, 0.3) is 0 Å². The number of ketones is 1. The second kappa shape index (κ2) is 5.12. The summed E-state index contributed by atoms with van der Waals surface area (Å²) in [7, 11) is 1.90. The van der Waals surface area contributed by atoms with E-state index in [1.807, 2.05) is 24.0 Å². The van der Waals surface area contributed by atoms with Crippen molar-refractivity contribution in [2.24, 2.45) is 7.05 Å². The normalized spacial score (nSPS) is 8.83. The molecule has 0 saturated heterocycles. The van der Waals surface area contributed by atoms with Crippen LogP contribution in [0.25, 0.3) is 0 Å². The van der Waals surface area contributed by atoms with E-state index in [4.69, 9.17) is 11.6 Å². The van der Waals surface area contributed by atoms with E-state index in [1.165, 1.54) is 0 Å². The van der Waals surface area contributed by atoms with Crippen LogP contribution in [0.1, 0.15) is 10.4 Å². The maximum absolute atomic E-state index is 11.0. The number of rotatable bonds is 2. The van der Waals surface area contributed by atoms with Crippen molar-refractivity contribution in [1.29, 1.82) is 0 Å². The van der Waals surface area contributed by atoms with Crippen molar-refractivity contribution in [3.05, 3.63) is 30.1 Å². The lowest BCUT2D eigenvalue weighted by Gasteiger charge is -1.92. The number of aromatic nitrogens is 1. The standard InChI is InChI=1S/C8H9ClNO.ClH/c1-10-4-2-7(3-5-10)8(11)6-9;/h2-5H,6H2,1H3;1H/q+1;/p-1. The van der Waals surface area contributed by atoms with Gasteiger partial charge in [-0.15, -0.1) is 11.6 Å². The molecule has 0 atom stereocenters. The molecule has 0 fully saturated rings. The molecule has 66 valence electrons. The van der Waals surface area contributed by atoms with E-state index in [2.05, 4.69) is 0 Å². The third-order valence-electron chi connectivity index (χ3n) is 1.42. The van der Waals surface area contributed by atoms with Gasteiger partial charge in [0.05, 0.1) is 5.88 Å². The Morgan fingerprint density at radius 1 is 1.50 bits per heavy atom. The second-order valence-electron chi connectivity index (χ2n) is 2.31. The lowest BCUT2D eigenvalue weighted by Crippen LogP contribution is -3.00. The molecule has 0 saturated carbocycles. The van der Waals surface area contributed by atoms with Crippen LogP contribution in [0.3, 0.4) is 0 Å². The molecule has 1 rings (SSSR count). The summed E-state index contributed by atoms with van der Waals surface area (Å²) in [5.74, 6) is 0.0144. The van der Waals surface area contributed by atoms with E-state index >= 15 is 0 Å². The van der Waals surface area contributed by atoms with E-state index in [1.54, 1.807) is 12.1 Å². The van der Waals surface area contributed by atoms with Crippen LogP contribution in [0, 0.1) is 0 Å². The maximum atomic E-state index is 11.0. The van der Waals surface area contributed by atoms with Crippen LogP contribution in [-0.4, -0.2) is 11.7 Å². The summed E-state index contributed by atoms with van der Waals surface area (Å²) in [5, 5.41) is 0. The predicted molar refractivity (Wildman–Crippen MR) is 42.7 cm³/mol. The van der Waals surface area contributed by atoms with Crippen molar-refractivity contribution >= 4 is 17.4 Å². The fourth-order valence-corrected chi connectivity index (χ4v) is 0.918. The summed E-state index contributed by atoms with van der Waals surface area (Å²) in [4.78, 5) is 11.0. The van der Waals surface area contributed by atoms with Gasteiger partial charge in [-0.1, -0.05) is 0 Å². The molecule has 0 spiro atoms. The minimum Gasteiger partial charge on any atom is -1.00 e. The van der Waals surface area contributed by atoms with E-state index in [0.29, 0.717) is 5.56 Å². The van der Waals surface area contributed by atoms with Gasteiger partial charge in [-0.3, -0.25) is 4.79 Å². The van der Waals surface area contributed by atoms with Crippen molar-refractivity contribution in [2.75, 3.05) is 5.88 Å². The van der Waals surface area contributed by atoms with Crippen molar-refractivity contribution in [3.63, 3.8) is 0 Å². The van der Waals surface area contributed by atoms with Crippen LogP contribution >= 0.6 is 11.6 Å². The molecule has 0 aliphatic rings. The third-order valence-corrected chi connectivity index (χ3v) is 1.66. The lowest BCUT2D eigenvalue weighted by atomic mass is 10.2. The summed E-state index contributed by atoms with van der Waals surface area (Å²) in [6.07, 6.45) is 3.64. The molecule has 0 aliphatic heterocycles. The van der Waals surface area contributed by atoms with Gasteiger partial charge in [0.15, 0.2) is 18.2 Å². The monoisotopic (exact) mass is 205 g/mol. The Morgan fingerprint density at radius 3 is 2.42 bits per heavy atom. The number of carbonyl (C=O) groups is 1. The molecular formula is C8H9Cl2NO. The fraction of sp³-hybridized carbons (Fsp3) is 0.250. The SMILES string of the molecule is C[n+]1ccc(C(=O)CCl)cc1.[Cl-]. The van der Waals surface area contributed by atoms with Crippen molar-refractivity contribution in [3.8, 4) is 0 Å². The molecule has 0 aliphatic carbocycles. The minimum atomic E-state index is -0.0349. The van der Waals surface area contributed by atoms with E-state index in [9.17, 15) is 4.79 Å². The molecular weight excluding hydrogens is 197 g/mol. The first-order valence-electron chi connectivity index (χ1n) is 3.28. The Bertz CT molecular complexity index is 258. The first kappa shape index (κ1) is 11.4. The Kier molecular flexibility index (Phi) is 4.86. The van der Waals surface area contributed by atoms with Crippen LogP contribution in [0.15, 0.2) is 24.5 Å². The fourth-order valence-electron chi connectivity index (χ4n) is 0.764. The summed E-state index contributed by atoms with van der Waals surface area (Å²) in [6.45, 7) is 0. The highest BCUT2D eigenvalue weighted by Gasteiger charge is 2.03. The Morgan fingerprint density at radius 2 is 2.00 bits per heavy atom. The van der Waals surface area contributed by atoms with Crippen LogP contribution in [-0.2, 0) is 7.05 Å². The average Bonchev–Trinajstić information content (AvgIpc) is 2.05. The van der Waals surface area contributed by atoms with Crippen molar-refractivity contribution in [1.82, 2.24) is 0 Å². The lowest BCUT2D eigenvalue weighted by molar-refractivity contribution is -0.671. The van der Waals surface area contributed by atoms with Crippen molar-refractivity contribution < 1.29 is 21.8 Å². The van der Waals surface area contributed by atoms with Crippen LogP contribution in [0.5, 0.6) is 0 Å². The van der Waals surface area contributed by atoms with Gasteiger partial charge in [-0.25, -0.2) is 4.57 Å². The highest BCUT2D eigenvalue weighted by molar-refractivity contribution is 6.30. The number of halogens is 2. The van der Waals surface area contributed by atoms with E-state index < -0.39 is 0 Å². The Hall–Kier alpha value is -0.600. The third kappa shape index (κ3) is 2.80. The zero-order valence-electron chi connectivity index (χ0n) is 6.63. The van der Waals surface area contributed by atoms with Crippen LogP contribution < -0.4 is 17.0 Å². The number of hydrogen-bond acceptors (Lipinski definition) is 1. The molecule has 1 aromatic rings. The number of pyridine rings is 1. The van der Waals surface area contributed by atoms with Gasteiger partial charge >= 0.3 is 0 Å². The first-order chi connectivity index (χ1) is 5.24. The van der Waals surface area contributed by atoms with Gasteiger partial charge in [0, 0.05) is 17.7 Å². The highest BCUT2D eigenvalue weighted by Crippen LogP contribution is 1.97. The zero-order chi connectivity index (χ0) is 8.27. The van der Waals surface area contributed by atoms with Gasteiger partial charge < -0.3 is 12.4 Å². The Labute approximate surface area is 82.6 Å². The zero-order valence-corrected chi connectivity index (χ0v) is 8.14. The summed E-state index contributed by atoms with van der Waals surface area (Å²) in [5.41, 5.74) is 0.665. The predicted octanol–water partition coefficient (Wildman–Crippen LogP) is -2.06. The van der Waals surface area contributed by atoms with Gasteiger partial charge in [-0.2, -0.15) is 0 Å². The topological polar surface area (TPSA) is 20.9 Å². The van der Waals surface area contributed by atoms with Crippen molar-refractivity contribution in [2.45, 2.75) is 0 Å². The molecule has 0 unspecified atom stereocenters. The number of aryl methyl sites for hydroxylation is 1. The first-order valence-corrected chi connectivity index (χ1v) is 3.82. The number of Topliss-reactive ketones (excluding diaryl/α,β-unsaturated/α-hetero) is 1. The molecule has 0 radical (unpaired) electrons. The smallest absolute Gasteiger partial charge is 0.178 e. The number of nitrogens with zero attached hydrogens (tertiary/aromatic N) is 1. The summed E-state index contributed by atoms with van der Waals surface area (Å²) in [6, 6.07) is 3.51. The number of alkyl halides is 1. The molecule has 1 aromatic heterocycles. The molecule has 0 N–H and O–H groups in total. The van der Waals surface area contributed by atoms with E-state index in [-0.39, 0.29) is 24.1 Å². The molecule has 0 bridgehead atoms. The molecule has 12 heavy (non-hydrogen) atoms. The number of carbonyl (C=O) groups excluding carboxylic acids is 1. The number of hydrogen-bond donors (Lipinski definition) is 0. The van der Waals surface area contributed by atoms with Crippen LogP contribution in [0.2, 0.25) is 0 Å². The largest absolute Gasteiger partial charge is 1.00 e. The summed E-state index contributed by atoms with van der Waals surface area (Å²) >= 11 is 5.37. The average molecular weight is 206 g/mol. The molecule has 0 amide bonds. The maximum Gasteiger partial charge on any atom is 0.178 e. The van der Waals surface area contributed by atoms with Gasteiger partial charge in [-0.05, 0) is 0 Å². The van der Waals surface area contributed by atoms with Crippen LogP contribution in [0.4, 0.5) is 0 Å². The highest BCUT2D eigenvalue weighted by atomic mass is 35.5. The molecule has 4 heteroatoms. The molecule has 1 heterocycles. The van der Waals surface area contributed by atoms with Gasteiger partial charge in [0.1, 0.15) is 7.05 Å². The van der Waals surface area contributed by atoms with E-state index in [0.717, 1.165) is 0 Å². The minimum absolute atomic E-state index is 0. The van der Waals surface area contributed by atoms with Gasteiger partial charge in [0.2, 0.25) is 0 Å².